The van der Waals surface area contributed by atoms with Crippen molar-refractivity contribution in [2.24, 2.45) is 0 Å². The molecule has 0 saturated carbocycles. The molecule has 0 aliphatic carbocycles. The van der Waals surface area contributed by atoms with Crippen molar-refractivity contribution < 1.29 is 14.3 Å². The number of para-hydroxylation sites is 1. The molecule has 2 atom stereocenters. The van der Waals surface area contributed by atoms with Gasteiger partial charge in [-0.05, 0) is 17.2 Å². The highest BCUT2D eigenvalue weighted by atomic mass is 16.5. The van der Waals surface area contributed by atoms with Gasteiger partial charge in [0.1, 0.15) is 0 Å². The zero-order valence-electron chi connectivity index (χ0n) is 13.5. The highest BCUT2D eigenvalue weighted by Crippen LogP contribution is 2.31. The number of nitrogens with one attached hydrogen (secondary N) is 2. The van der Waals surface area contributed by atoms with Crippen molar-refractivity contribution in [2.45, 2.75) is 18.4 Å². The number of rotatable bonds is 5. The van der Waals surface area contributed by atoms with E-state index < -0.39 is 6.10 Å². The number of fused-ring (bicyclic) bond motifs is 1. The molecule has 2 amide bonds. The van der Waals surface area contributed by atoms with Gasteiger partial charge in [-0.2, -0.15) is 0 Å². The Hall–Kier alpha value is -2.66. The minimum atomic E-state index is -0.654. The Labute approximate surface area is 141 Å². The van der Waals surface area contributed by atoms with Crippen molar-refractivity contribution >= 4 is 17.5 Å². The highest BCUT2D eigenvalue weighted by molar-refractivity contribution is 5.94. The quantitative estimate of drug-likeness (QED) is 0.888. The molecule has 0 aromatic heterocycles. The lowest BCUT2D eigenvalue weighted by atomic mass is 9.90. The van der Waals surface area contributed by atoms with E-state index in [2.05, 4.69) is 10.6 Å². The van der Waals surface area contributed by atoms with Crippen LogP contribution < -0.4 is 10.6 Å². The van der Waals surface area contributed by atoms with E-state index in [1.165, 1.54) is 7.11 Å². The lowest BCUT2D eigenvalue weighted by Crippen LogP contribution is -2.36. The summed E-state index contributed by atoms with van der Waals surface area (Å²) in [5.41, 5.74) is 2.67. The van der Waals surface area contributed by atoms with Gasteiger partial charge in [0, 0.05) is 31.7 Å². The second-order valence-corrected chi connectivity index (χ2v) is 5.81. The molecule has 5 heteroatoms. The van der Waals surface area contributed by atoms with Crippen LogP contribution in [-0.4, -0.2) is 25.5 Å². The van der Waals surface area contributed by atoms with Gasteiger partial charge in [-0.3, -0.25) is 9.59 Å². The fourth-order valence-electron chi connectivity index (χ4n) is 3.02. The lowest BCUT2D eigenvalue weighted by Gasteiger charge is -2.26. The standard InChI is InChI=1S/C19H20N2O3/c1-24-18(13-7-3-2-4-8-13)19(23)20-12-14-11-17(22)21-16-10-6-5-9-15(14)16/h2-10,14,18H,11-12H2,1H3,(H,20,23)(H,21,22)/t14?,18-/m1/s1. The van der Waals surface area contributed by atoms with Gasteiger partial charge in [0.2, 0.25) is 5.91 Å². The van der Waals surface area contributed by atoms with Crippen LogP contribution in [0, 0.1) is 0 Å². The average Bonchev–Trinajstić information content (AvgIpc) is 2.61. The maximum Gasteiger partial charge on any atom is 0.253 e. The van der Waals surface area contributed by atoms with Gasteiger partial charge < -0.3 is 15.4 Å². The normalized spacial score (nSPS) is 17.5. The summed E-state index contributed by atoms with van der Waals surface area (Å²) in [5.74, 6) is -0.265. The molecule has 0 saturated heterocycles. The Kier molecular flexibility index (Phi) is 4.91. The predicted molar refractivity (Wildman–Crippen MR) is 91.6 cm³/mol. The summed E-state index contributed by atoms with van der Waals surface area (Å²) in [4.78, 5) is 24.3. The van der Waals surface area contributed by atoms with E-state index in [0.717, 1.165) is 16.8 Å². The molecular weight excluding hydrogens is 304 g/mol. The number of carbonyl (C=O) groups is 2. The molecule has 124 valence electrons. The molecule has 1 unspecified atom stereocenters. The number of ether oxygens (including phenoxy) is 1. The maximum absolute atomic E-state index is 12.5. The summed E-state index contributed by atoms with van der Waals surface area (Å²) in [6, 6.07) is 17.0. The van der Waals surface area contributed by atoms with Crippen LogP contribution in [0.2, 0.25) is 0 Å². The van der Waals surface area contributed by atoms with Crippen molar-refractivity contribution in [1.29, 1.82) is 0 Å². The van der Waals surface area contributed by atoms with E-state index in [1.807, 2.05) is 54.6 Å². The molecule has 2 N–H and O–H groups in total. The van der Waals surface area contributed by atoms with Gasteiger partial charge in [-0.25, -0.2) is 0 Å². The zero-order chi connectivity index (χ0) is 16.9. The smallest absolute Gasteiger partial charge is 0.253 e. The van der Waals surface area contributed by atoms with Gasteiger partial charge in [0.05, 0.1) is 0 Å². The zero-order valence-corrected chi connectivity index (χ0v) is 13.5. The van der Waals surface area contributed by atoms with Crippen LogP contribution in [0.4, 0.5) is 5.69 Å². The third-order valence-electron chi connectivity index (χ3n) is 4.21. The van der Waals surface area contributed by atoms with E-state index in [4.69, 9.17) is 4.74 Å². The van der Waals surface area contributed by atoms with E-state index in [9.17, 15) is 9.59 Å². The molecule has 2 aromatic carbocycles. The molecule has 3 rings (SSSR count). The van der Waals surface area contributed by atoms with Crippen molar-refractivity contribution in [3.05, 3.63) is 65.7 Å². The number of carbonyl (C=O) groups excluding carboxylic acids is 2. The first-order valence-electron chi connectivity index (χ1n) is 7.93. The molecule has 24 heavy (non-hydrogen) atoms. The minimum Gasteiger partial charge on any atom is -0.367 e. The predicted octanol–water partition coefficient (Wildman–Crippen LogP) is 2.62. The van der Waals surface area contributed by atoms with Crippen LogP contribution in [0.25, 0.3) is 0 Å². The van der Waals surface area contributed by atoms with Gasteiger partial charge in [0.15, 0.2) is 6.10 Å². The van der Waals surface area contributed by atoms with Crippen molar-refractivity contribution in [3.63, 3.8) is 0 Å². The van der Waals surface area contributed by atoms with Crippen LogP contribution in [0.5, 0.6) is 0 Å². The van der Waals surface area contributed by atoms with Crippen molar-refractivity contribution in [3.8, 4) is 0 Å². The Morgan fingerprint density at radius 2 is 1.92 bits per heavy atom. The summed E-state index contributed by atoms with van der Waals surface area (Å²) >= 11 is 0. The Bertz CT molecular complexity index is 730. The number of amides is 2. The molecule has 2 aromatic rings. The van der Waals surface area contributed by atoms with E-state index in [0.29, 0.717) is 13.0 Å². The second-order valence-electron chi connectivity index (χ2n) is 5.81. The Balaban J connectivity index is 1.69. The first kappa shape index (κ1) is 16.2. The molecule has 0 radical (unpaired) electrons. The monoisotopic (exact) mass is 324 g/mol. The van der Waals surface area contributed by atoms with Gasteiger partial charge >= 0.3 is 0 Å². The summed E-state index contributed by atoms with van der Waals surface area (Å²) in [5, 5.41) is 5.78. The van der Waals surface area contributed by atoms with E-state index >= 15 is 0 Å². The largest absolute Gasteiger partial charge is 0.367 e. The molecule has 0 bridgehead atoms. The average molecular weight is 324 g/mol. The summed E-state index contributed by atoms with van der Waals surface area (Å²) in [6.07, 6.45) is -0.292. The minimum absolute atomic E-state index is 0.0284. The summed E-state index contributed by atoms with van der Waals surface area (Å²) < 4.78 is 5.34. The van der Waals surface area contributed by atoms with Crippen molar-refractivity contribution in [2.75, 3.05) is 19.0 Å². The van der Waals surface area contributed by atoms with E-state index in [-0.39, 0.29) is 17.7 Å². The van der Waals surface area contributed by atoms with Crippen LogP contribution >= 0.6 is 0 Å². The van der Waals surface area contributed by atoms with Crippen LogP contribution in [0.15, 0.2) is 54.6 Å². The Morgan fingerprint density at radius 1 is 1.21 bits per heavy atom. The summed E-state index contributed by atoms with van der Waals surface area (Å²) in [7, 11) is 1.51. The van der Waals surface area contributed by atoms with Crippen LogP contribution in [0.3, 0.4) is 0 Å². The first-order valence-corrected chi connectivity index (χ1v) is 7.93. The molecule has 1 aliphatic rings. The summed E-state index contributed by atoms with van der Waals surface area (Å²) in [6.45, 7) is 0.399. The first-order chi connectivity index (χ1) is 11.7. The maximum atomic E-state index is 12.5. The molecule has 0 fully saturated rings. The van der Waals surface area contributed by atoms with Crippen LogP contribution in [-0.2, 0) is 14.3 Å². The lowest BCUT2D eigenvalue weighted by molar-refractivity contribution is -0.131. The fourth-order valence-corrected chi connectivity index (χ4v) is 3.02. The van der Waals surface area contributed by atoms with Crippen LogP contribution in [0.1, 0.15) is 29.6 Å². The van der Waals surface area contributed by atoms with Crippen molar-refractivity contribution in [1.82, 2.24) is 5.32 Å². The topological polar surface area (TPSA) is 67.4 Å². The highest BCUT2D eigenvalue weighted by Gasteiger charge is 2.26. The molecule has 1 aliphatic heterocycles. The van der Waals surface area contributed by atoms with Gasteiger partial charge in [0.25, 0.3) is 5.91 Å². The van der Waals surface area contributed by atoms with E-state index in [1.54, 1.807) is 0 Å². The second kappa shape index (κ2) is 7.27. The number of benzene rings is 2. The number of methoxy groups -OCH3 is 1. The SMILES string of the molecule is CO[C@@H](C(=O)NCC1CC(=O)Nc2ccccc21)c1ccccc1. The van der Waals surface area contributed by atoms with Gasteiger partial charge in [-0.15, -0.1) is 0 Å². The number of anilines is 1. The third kappa shape index (κ3) is 3.46. The molecule has 0 spiro atoms. The number of hydrogen-bond acceptors (Lipinski definition) is 3. The number of hydrogen-bond donors (Lipinski definition) is 2. The molecular formula is C19H20N2O3. The third-order valence-corrected chi connectivity index (χ3v) is 4.21. The van der Waals surface area contributed by atoms with Gasteiger partial charge in [-0.1, -0.05) is 48.5 Å². The Morgan fingerprint density at radius 3 is 2.67 bits per heavy atom. The molecule has 5 nitrogen and oxygen atoms in total. The molecule has 1 heterocycles. The fraction of sp³-hybridized carbons (Fsp3) is 0.263.